The van der Waals surface area contributed by atoms with Crippen LogP contribution in [0.5, 0.6) is 0 Å². The molecule has 0 unspecified atom stereocenters. The van der Waals surface area contributed by atoms with Gasteiger partial charge in [-0.2, -0.15) is 5.71 Å². The molecule has 0 atom stereocenters. The van der Waals surface area contributed by atoms with Gasteiger partial charge in [0.1, 0.15) is 0 Å². The van der Waals surface area contributed by atoms with Crippen LogP contribution >= 0.6 is 0 Å². The number of hydrogen-bond donors (Lipinski definition) is 0. The Bertz CT molecular complexity index is 838. The Balaban J connectivity index is 0.00000225. The Morgan fingerprint density at radius 3 is 1.92 bits per heavy atom. The molecule has 0 aromatic heterocycles. The molecular weight excluding hydrogens is 343 g/mol. The van der Waals surface area contributed by atoms with Crippen molar-refractivity contribution in [2.45, 2.75) is 6.92 Å². The summed E-state index contributed by atoms with van der Waals surface area (Å²) in [7, 11) is 0. The molecule has 25 heavy (non-hydrogen) atoms. The van der Waals surface area contributed by atoms with E-state index < -0.39 is 0 Å². The van der Waals surface area contributed by atoms with Crippen LogP contribution in [0.3, 0.4) is 0 Å². The summed E-state index contributed by atoms with van der Waals surface area (Å²) in [4.78, 5) is 0. The minimum absolute atomic E-state index is 0. The summed E-state index contributed by atoms with van der Waals surface area (Å²) in [6.07, 6.45) is 1.72. The van der Waals surface area contributed by atoms with E-state index in [9.17, 15) is 5.41 Å². The van der Waals surface area contributed by atoms with E-state index in [1.165, 1.54) is 0 Å². The molecule has 3 rings (SSSR count). The Morgan fingerprint density at radius 1 is 0.760 bits per heavy atom. The Hall–Kier alpha value is -2.55. The molecule has 3 aromatic rings. The second-order valence-corrected chi connectivity index (χ2v) is 5.59. The van der Waals surface area contributed by atoms with Gasteiger partial charge in [-0.25, -0.2) is 0 Å². The molecule has 3 aromatic carbocycles. The fraction of sp³-hybridized carbons (Fsp3) is 0.0455. The van der Waals surface area contributed by atoms with Gasteiger partial charge >= 0.3 is 18.6 Å². The number of para-hydroxylation sites is 1. The topological polar surface area (TPSA) is 36.4 Å². The summed E-state index contributed by atoms with van der Waals surface area (Å²) in [6, 6.07) is 27.4. The van der Waals surface area contributed by atoms with Crippen LogP contribution in [-0.4, -0.2) is 5.71 Å². The van der Waals surface area contributed by atoms with Gasteiger partial charge in [-0.05, 0) is 18.1 Å². The van der Waals surface area contributed by atoms with Crippen LogP contribution in [0, 0.1) is 6.92 Å². The van der Waals surface area contributed by atoms with E-state index in [0.717, 1.165) is 28.1 Å². The molecule has 0 saturated carbocycles. The van der Waals surface area contributed by atoms with Gasteiger partial charge in [0.05, 0.1) is 0 Å². The molecule has 1 radical (unpaired) electrons. The molecule has 0 fully saturated rings. The van der Waals surface area contributed by atoms with Gasteiger partial charge in [-0.15, -0.1) is 11.4 Å². The third-order valence-electron chi connectivity index (χ3n) is 3.70. The van der Waals surface area contributed by atoms with Gasteiger partial charge in [0.15, 0.2) is 0 Å². The third kappa shape index (κ3) is 5.22. The standard InChI is InChI=1S/C22H18N2.V/c1-17-12-14-18(15-13-17)21(23)16-22(19-8-4-2-5-9-19)24-20-10-6-3-7-11-20;/h2-16H,1H3;/q-2;+2/b22-16-;. The first-order valence-corrected chi connectivity index (χ1v) is 7.89. The summed E-state index contributed by atoms with van der Waals surface area (Å²) >= 11 is 0. The first-order chi connectivity index (χ1) is 11.7. The minimum Gasteiger partial charge on any atom is -0.803 e. The van der Waals surface area contributed by atoms with Crippen LogP contribution in [0.2, 0.25) is 0 Å². The summed E-state index contributed by atoms with van der Waals surface area (Å²) in [5.74, 6) is 0. The fourth-order valence-electron chi connectivity index (χ4n) is 2.37. The molecule has 3 heteroatoms. The van der Waals surface area contributed by atoms with E-state index in [-0.39, 0.29) is 24.3 Å². The number of aryl methyl sites for hydroxylation is 1. The van der Waals surface area contributed by atoms with E-state index in [1.807, 2.05) is 91.9 Å². The van der Waals surface area contributed by atoms with Crippen molar-refractivity contribution in [1.29, 1.82) is 0 Å². The molecule has 0 amide bonds. The molecule has 0 N–H and O–H groups in total. The number of benzene rings is 3. The normalized spacial score (nSPS) is 10.7. The van der Waals surface area contributed by atoms with Crippen LogP contribution in [-0.2, 0) is 18.6 Å². The SMILES string of the molecule is Cc1ccc(C(=[N-])/C=C(\[N-]c2ccccc2)c2ccccc2)cc1.[V+2]. The molecule has 2 nitrogen and oxygen atoms in total. The van der Waals surface area contributed by atoms with Crippen molar-refractivity contribution < 1.29 is 18.6 Å². The number of nitrogens with zero attached hydrogens (tertiary/aromatic N) is 2. The molecular formula is C22H18N2V. The first-order valence-electron chi connectivity index (χ1n) is 7.89. The largest absolute Gasteiger partial charge is 2.00 e. The molecule has 121 valence electrons. The molecule has 0 spiro atoms. The van der Waals surface area contributed by atoms with Gasteiger partial charge in [-0.1, -0.05) is 96.6 Å². The predicted molar refractivity (Wildman–Crippen MR) is 103 cm³/mol. The first kappa shape index (κ1) is 18.8. The second-order valence-electron chi connectivity index (χ2n) is 5.59. The van der Waals surface area contributed by atoms with Crippen molar-refractivity contribution >= 4 is 17.1 Å². The Kier molecular flexibility index (Phi) is 6.82. The second kappa shape index (κ2) is 9.07. The van der Waals surface area contributed by atoms with E-state index >= 15 is 0 Å². The Morgan fingerprint density at radius 2 is 1.32 bits per heavy atom. The number of allylic oxidation sites excluding steroid dienone is 1. The van der Waals surface area contributed by atoms with Crippen LogP contribution in [0.1, 0.15) is 16.7 Å². The van der Waals surface area contributed by atoms with Gasteiger partial charge in [0.25, 0.3) is 0 Å². The summed E-state index contributed by atoms with van der Waals surface area (Å²) in [6.45, 7) is 2.02. The van der Waals surface area contributed by atoms with Crippen LogP contribution < -0.4 is 0 Å². The predicted octanol–water partition coefficient (Wildman–Crippen LogP) is 6.10. The van der Waals surface area contributed by atoms with Crippen molar-refractivity contribution in [2.24, 2.45) is 0 Å². The van der Waals surface area contributed by atoms with Crippen molar-refractivity contribution in [2.75, 3.05) is 0 Å². The zero-order valence-electron chi connectivity index (χ0n) is 14.0. The average molecular weight is 361 g/mol. The monoisotopic (exact) mass is 361 g/mol. The van der Waals surface area contributed by atoms with Crippen molar-refractivity contribution in [1.82, 2.24) is 0 Å². The quantitative estimate of drug-likeness (QED) is 0.493. The molecule has 0 bridgehead atoms. The smallest absolute Gasteiger partial charge is 0.803 e. The van der Waals surface area contributed by atoms with Crippen molar-refractivity contribution in [3.63, 3.8) is 0 Å². The molecule has 0 heterocycles. The van der Waals surface area contributed by atoms with Gasteiger partial charge in [-0.3, -0.25) is 0 Å². The minimum atomic E-state index is 0. The summed E-state index contributed by atoms with van der Waals surface area (Å²) < 4.78 is 0. The van der Waals surface area contributed by atoms with E-state index in [2.05, 4.69) is 0 Å². The zero-order valence-corrected chi connectivity index (χ0v) is 15.4. The molecule has 0 saturated heterocycles. The van der Waals surface area contributed by atoms with E-state index in [4.69, 9.17) is 5.32 Å². The zero-order chi connectivity index (χ0) is 16.8. The molecule has 0 aliphatic carbocycles. The molecule has 0 aliphatic rings. The van der Waals surface area contributed by atoms with Crippen LogP contribution in [0.4, 0.5) is 5.69 Å². The maximum atomic E-state index is 10.5. The maximum Gasteiger partial charge on any atom is 2.00 e. The van der Waals surface area contributed by atoms with E-state index in [1.54, 1.807) is 6.08 Å². The van der Waals surface area contributed by atoms with Crippen molar-refractivity contribution in [3.8, 4) is 0 Å². The summed E-state index contributed by atoms with van der Waals surface area (Å²) in [5, 5.41) is 15.2. The average Bonchev–Trinajstić information content (AvgIpc) is 2.63. The van der Waals surface area contributed by atoms with Gasteiger partial charge < -0.3 is 10.7 Å². The molecule has 0 aliphatic heterocycles. The summed E-state index contributed by atoms with van der Waals surface area (Å²) in [5.41, 5.74) is 4.67. The van der Waals surface area contributed by atoms with Crippen LogP contribution in [0.15, 0.2) is 91.0 Å². The Labute approximate surface area is 161 Å². The third-order valence-corrected chi connectivity index (χ3v) is 3.70. The maximum absolute atomic E-state index is 10.5. The fourth-order valence-corrected chi connectivity index (χ4v) is 2.37. The van der Waals surface area contributed by atoms with E-state index in [0.29, 0.717) is 0 Å². The van der Waals surface area contributed by atoms with Crippen molar-refractivity contribution in [3.05, 3.63) is 118 Å². The van der Waals surface area contributed by atoms with Gasteiger partial charge in [0.2, 0.25) is 0 Å². The number of hydrogen-bond acceptors (Lipinski definition) is 0. The van der Waals surface area contributed by atoms with Crippen LogP contribution in [0.25, 0.3) is 16.4 Å². The van der Waals surface area contributed by atoms with Gasteiger partial charge in [0, 0.05) is 0 Å². The number of rotatable bonds is 5.